The van der Waals surface area contributed by atoms with Crippen molar-refractivity contribution in [1.29, 1.82) is 0 Å². The van der Waals surface area contributed by atoms with Crippen molar-refractivity contribution < 1.29 is 24.1 Å². The summed E-state index contributed by atoms with van der Waals surface area (Å²) >= 11 is 0. The number of hydrogen-bond acceptors (Lipinski definition) is 4. The van der Waals surface area contributed by atoms with Gasteiger partial charge in [0.25, 0.3) is 0 Å². The van der Waals surface area contributed by atoms with Crippen LogP contribution in [0.15, 0.2) is 72.8 Å². The molecular weight excluding hydrogens is 344 g/mol. The first kappa shape index (κ1) is 18.3. The van der Waals surface area contributed by atoms with Crippen LogP contribution in [0, 0.1) is 0 Å². The Morgan fingerprint density at radius 1 is 0.815 bits per heavy atom. The van der Waals surface area contributed by atoms with Crippen molar-refractivity contribution in [2.24, 2.45) is 0 Å². The summed E-state index contributed by atoms with van der Waals surface area (Å²) in [6, 6.07) is 22.5. The fraction of sp³-hybridized carbons (Fsp3) is 0.136. The van der Waals surface area contributed by atoms with E-state index in [9.17, 15) is 9.90 Å². The molecule has 0 heterocycles. The molecule has 3 rings (SSSR count). The Morgan fingerprint density at radius 3 is 2.11 bits per heavy atom. The van der Waals surface area contributed by atoms with Crippen LogP contribution in [-0.4, -0.2) is 31.4 Å². The molecule has 0 amide bonds. The van der Waals surface area contributed by atoms with Gasteiger partial charge >= 0.3 is 5.97 Å². The highest BCUT2D eigenvalue weighted by atomic mass is 16.5. The normalized spacial score (nSPS) is 10.3. The number of benzene rings is 3. The molecule has 0 spiro atoms. The van der Waals surface area contributed by atoms with E-state index in [1.807, 2.05) is 42.5 Å². The Kier molecular flexibility index (Phi) is 5.94. The summed E-state index contributed by atoms with van der Waals surface area (Å²) in [5, 5.41) is 9.23. The maximum Gasteiger partial charge on any atom is 0.339 e. The van der Waals surface area contributed by atoms with Crippen molar-refractivity contribution in [2.45, 2.75) is 0 Å². The fourth-order valence-electron chi connectivity index (χ4n) is 2.61. The van der Waals surface area contributed by atoms with Gasteiger partial charge in [0.15, 0.2) is 0 Å². The van der Waals surface area contributed by atoms with Gasteiger partial charge in [-0.1, -0.05) is 42.5 Å². The molecule has 0 saturated heterocycles. The second-order valence-electron chi connectivity index (χ2n) is 5.75. The highest BCUT2D eigenvalue weighted by molar-refractivity contribution is 5.91. The first-order chi connectivity index (χ1) is 13.2. The highest BCUT2D eigenvalue weighted by Crippen LogP contribution is 2.25. The topological polar surface area (TPSA) is 65.0 Å². The minimum atomic E-state index is -1.05. The average Bonchev–Trinajstić information content (AvgIpc) is 2.72. The molecule has 0 saturated carbocycles. The van der Waals surface area contributed by atoms with Crippen molar-refractivity contribution in [3.63, 3.8) is 0 Å². The minimum Gasteiger partial charge on any atom is -0.497 e. The van der Waals surface area contributed by atoms with Gasteiger partial charge < -0.3 is 19.3 Å². The van der Waals surface area contributed by atoms with Gasteiger partial charge in [-0.25, -0.2) is 4.79 Å². The molecule has 1 N–H and O–H groups in total. The standard InChI is InChI=1S/C22H20O5/c1-25-19-11-12-20(22(23)24)21(15-19)27-14-13-26-18-9-7-17(8-10-18)16-5-3-2-4-6-16/h2-12,15H,13-14H2,1H3,(H,23,24). The first-order valence-electron chi connectivity index (χ1n) is 8.50. The molecule has 3 aromatic rings. The van der Waals surface area contributed by atoms with Crippen molar-refractivity contribution >= 4 is 5.97 Å². The molecule has 5 heteroatoms. The summed E-state index contributed by atoms with van der Waals surface area (Å²) in [4.78, 5) is 11.3. The minimum absolute atomic E-state index is 0.0861. The predicted octanol–water partition coefficient (Wildman–Crippen LogP) is 4.52. The molecule has 3 aromatic carbocycles. The van der Waals surface area contributed by atoms with E-state index in [1.54, 1.807) is 12.1 Å². The van der Waals surface area contributed by atoms with Gasteiger partial charge in [0, 0.05) is 6.07 Å². The summed E-state index contributed by atoms with van der Waals surface area (Å²) in [7, 11) is 1.52. The molecule has 138 valence electrons. The number of aromatic carboxylic acids is 1. The molecule has 0 radical (unpaired) electrons. The van der Waals surface area contributed by atoms with E-state index in [-0.39, 0.29) is 17.9 Å². The molecule has 0 fully saturated rings. The van der Waals surface area contributed by atoms with Crippen LogP contribution < -0.4 is 14.2 Å². The molecular formula is C22H20O5. The Bertz CT molecular complexity index is 888. The Morgan fingerprint density at radius 2 is 1.44 bits per heavy atom. The van der Waals surface area contributed by atoms with Crippen LogP contribution in [-0.2, 0) is 0 Å². The Balaban J connectivity index is 1.55. The largest absolute Gasteiger partial charge is 0.497 e. The Labute approximate surface area is 157 Å². The smallest absolute Gasteiger partial charge is 0.339 e. The zero-order valence-corrected chi connectivity index (χ0v) is 14.9. The molecule has 0 aromatic heterocycles. The van der Waals surface area contributed by atoms with E-state index >= 15 is 0 Å². The van der Waals surface area contributed by atoms with Gasteiger partial charge in [-0.3, -0.25) is 0 Å². The summed E-state index contributed by atoms with van der Waals surface area (Å²) < 4.78 is 16.4. The number of carbonyl (C=O) groups is 1. The van der Waals surface area contributed by atoms with E-state index in [1.165, 1.54) is 13.2 Å². The van der Waals surface area contributed by atoms with Crippen LogP contribution in [0.2, 0.25) is 0 Å². The lowest BCUT2D eigenvalue weighted by Gasteiger charge is -2.12. The lowest BCUT2D eigenvalue weighted by atomic mass is 10.1. The molecule has 0 atom stereocenters. The van der Waals surface area contributed by atoms with Crippen molar-refractivity contribution in [3.8, 4) is 28.4 Å². The number of carboxylic acids is 1. The van der Waals surface area contributed by atoms with Gasteiger partial charge in [0.05, 0.1) is 7.11 Å². The van der Waals surface area contributed by atoms with Crippen LogP contribution in [0.1, 0.15) is 10.4 Å². The molecule has 0 aliphatic carbocycles. The van der Waals surface area contributed by atoms with Gasteiger partial charge in [0.1, 0.15) is 36.0 Å². The van der Waals surface area contributed by atoms with Crippen LogP contribution >= 0.6 is 0 Å². The van der Waals surface area contributed by atoms with E-state index < -0.39 is 5.97 Å². The number of carboxylic acid groups (broad SMARTS) is 1. The van der Waals surface area contributed by atoms with Crippen LogP contribution in [0.5, 0.6) is 17.2 Å². The van der Waals surface area contributed by atoms with E-state index in [0.717, 1.165) is 16.9 Å². The lowest BCUT2D eigenvalue weighted by molar-refractivity contribution is 0.0691. The van der Waals surface area contributed by atoms with Crippen LogP contribution in [0.25, 0.3) is 11.1 Å². The maximum absolute atomic E-state index is 11.3. The SMILES string of the molecule is COc1ccc(C(=O)O)c(OCCOc2ccc(-c3ccccc3)cc2)c1. The van der Waals surface area contributed by atoms with Crippen molar-refractivity contribution in [3.05, 3.63) is 78.4 Å². The van der Waals surface area contributed by atoms with Crippen molar-refractivity contribution in [1.82, 2.24) is 0 Å². The predicted molar refractivity (Wildman–Crippen MR) is 103 cm³/mol. The van der Waals surface area contributed by atoms with Gasteiger partial charge in [-0.15, -0.1) is 0 Å². The Hall–Kier alpha value is -3.47. The number of methoxy groups -OCH3 is 1. The summed E-state index contributed by atoms with van der Waals surface area (Å²) in [5.41, 5.74) is 2.34. The quantitative estimate of drug-likeness (QED) is 0.596. The molecule has 5 nitrogen and oxygen atoms in total. The van der Waals surface area contributed by atoms with E-state index in [2.05, 4.69) is 12.1 Å². The third-order valence-electron chi connectivity index (χ3n) is 3.99. The molecule has 27 heavy (non-hydrogen) atoms. The average molecular weight is 364 g/mol. The highest BCUT2D eigenvalue weighted by Gasteiger charge is 2.12. The third kappa shape index (κ3) is 4.79. The third-order valence-corrected chi connectivity index (χ3v) is 3.99. The molecule has 0 bridgehead atoms. The number of ether oxygens (including phenoxy) is 3. The number of rotatable bonds is 8. The van der Waals surface area contributed by atoms with E-state index in [4.69, 9.17) is 14.2 Å². The fourth-order valence-corrected chi connectivity index (χ4v) is 2.61. The first-order valence-corrected chi connectivity index (χ1v) is 8.50. The van der Waals surface area contributed by atoms with Gasteiger partial charge in [-0.05, 0) is 35.4 Å². The molecule has 0 aliphatic heterocycles. The van der Waals surface area contributed by atoms with E-state index in [0.29, 0.717) is 12.4 Å². The molecule has 0 unspecified atom stereocenters. The lowest BCUT2D eigenvalue weighted by Crippen LogP contribution is -2.11. The van der Waals surface area contributed by atoms with Gasteiger partial charge in [0.2, 0.25) is 0 Å². The van der Waals surface area contributed by atoms with Crippen LogP contribution in [0.4, 0.5) is 0 Å². The number of hydrogen-bond donors (Lipinski definition) is 1. The van der Waals surface area contributed by atoms with Gasteiger partial charge in [-0.2, -0.15) is 0 Å². The van der Waals surface area contributed by atoms with Crippen LogP contribution in [0.3, 0.4) is 0 Å². The summed E-state index contributed by atoms with van der Waals surface area (Å²) in [6.07, 6.45) is 0. The summed E-state index contributed by atoms with van der Waals surface area (Å²) in [5.74, 6) is 0.463. The second kappa shape index (κ2) is 8.76. The van der Waals surface area contributed by atoms with Crippen molar-refractivity contribution in [2.75, 3.05) is 20.3 Å². The second-order valence-corrected chi connectivity index (χ2v) is 5.75. The maximum atomic E-state index is 11.3. The molecule has 0 aliphatic rings. The zero-order chi connectivity index (χ0) is 19.1. The monoisotopic (exact) mass is 364 g/mol. The zero-order valence-electron chi connectivity index (χ0n) is 14.9. The summed E-state index contributed by atoms with van der Waals surface area (Å²) in [6.45, 7) is 0.509.